The lowest BCUT2D eigenvalue weighted by atomic mass is 9.88. The van der Waals surface area contributed by atoms with Gasteiger partial charge in [-0.2, -0.15) is 13.2 Å². The highest BCUT2D eigenvalue weighted by Crippen LogP contribution is 2.24. The third-order valence-corrected chi connectivity index (χ3v) is 6.18. The minimum absolute atomic E-state index is 0.0256. The van der Waals surface area contributed by atoms with Gasteiger partial charge in [0.2, 0.25) is 5.91 Å². The molecule has 0 spiro atoms. The summed E-state index contributed by atoms with van der Waals surface area (Å²) in [7, 11) is 1.52. The predicted molar refractivity (Wildman–Crippen MR) is 154 cm³/mol. The largest absolute Gasteiger partial charge is 0.493 e. The standard InChI is InChI=1S/C29H37ClF3N5O4/c1-5-42-23-12-11-19(30)15-21(23)26(40)36-17-28(2,3)16-24(39)38-25(27(41)37-20-9-7-6-8-10-20)22(34-4)13-14-35-18-29(31,32)33/h6-12,15,34-35H,5,13-14,16-18H2,1-4H3,(H,36,40)(H,37,41)(H,38,39)/p+1/b25-22+. The Balaban J connectivity index is 2.15. The van der Waals surface area contributed by atoms with E-state index in [1.54, 1.807) is 63.2 Å². The molecule has 0 aromatic heterocycles. The zero-order valence-corrected chi connectivity index (χ0v) is 24.8. The number of carbonyl (C=O) groups is 3. The number of rotatable bonds is 15. The van der Waals surface area contributed by atoms with E-state index in [4.69, 9.17) is 16.3 Å². The van der Waals surface area contributed by atoms with Crippen LogP contribution in [0.2, 0.25) is 5.02 Å². The fraction of sp³-hybridized carbons (Fsp3) is 0.414. The van der Waals surface area contributed by atoms with Crippen LogP contribution in [-0.4, -0.2) is 57.2 Å². The first-order valence-corrected chi connectivity index (χ1v) is 13.8. The minimum atomic E-state index is -4.38. The molecule has 2 aromatic carbocycles. The Labute approximate surface area is 248 Å². The molecule has 6 N–H and O–H groups in total. The van der Waals surface area contributed by atoms with E-state index >= 15 is 0 Å². The van der Waals surface area contributed by atoms with E-state index < -0.39 is 35.9 Å². The highest BCUT2D eigenvalue weighted by molar-refractivity contribution is 6.31. The van der Waals surface area contributed by atoms with Crippen molar-refractivity contribution >= 4 is 35.0 Å². The molecule has 9 nitrogen and oxygen atoms in total. The van der Waals surface area contributed by atoms with Crippen LogP contribution in [0.5, 0.6) is 5.75 Å². The summed E-state index contributed by atoms with van der Waals surface area (Å²) in [6.07, 6.45) is -4.43. The Morgan fingerprint density at radius 2 is 1.71 bits per heavy atom. The van der Waals surface area contributed by atoms with Crippen LogP contribution in [0.15, 0.2) is 59.9 Å². The molecule has 0 aliphatic carbocycles. The number of nitrogens with one attached hydrogen (secondary N) is 4. The molecule has 0 heterocycles. The Bertz CT molecular complexity index is 1250. The van der Waals surface area contributed by atoms with Gasteiger partial charge < -0.3 is 26.0 Å². The van der Waals surface area contributed by atoms with E-state index in [-0.39, 0.29) is 42.9 Å². The molecule has 0 aliphatic rings. The number of ether oxygens (including phenoxy) is 1. The third-order valence-electron chi connectivity index (χ3n) is 5.94. The van der Waals surface area contributed by atoms with Gasteiger partial charge in [0, 0.05) is 43.7 Å². The van der Waals surface area contributed by atoms with Crippen molar-refractivity contribution in [3.8, 4) is 5.75 Å². The summed E-state index contributed by atoms with van der Waals surface area (Å²) in [6.45, 7) is 4.54. The van der Waals surface area contributed by atoms with Gasteiger partial charge in [-0.25, -0.2) is 10.1 Å². The summed E-state index contributed by atoms with van der Waals surface area (Å²) in [5, 5.41) is 12.3. The molecular formula is C29H38ClF3N5O4+. The lowest BCUT2D eigenvalue weighted by Crippen LogP contribution is -2.83. The van der Waals surface area contributed by atoms with Crippen molar-refractivity contribution in [1.29, 1.82) is 0 Å². The highest BCUT2D eigenvalue weighted by atomic mass is 35.5. The van der Waals surface area contributed by atoms with Gasteiger partial charge in [-0.15, -0.1) is 0 Å². The number of amides is 3. The fourth-order valence-electron chi connectivity index (χ4n) is 3.93. The number of quaternary nitrogens is 1. The number of hydrogen-bond donors (Lipinski definition) is 5. The molecule has 2 rings (SSSR count). The smallest absolute Gasteiger partial charge is 0.401 e. The van der Waals surface area contributed by atoms with Crippen molar-refractivity contribution in [2.45, 2.75) is 39.8 Å². The van der Waals surface area contributed by atoms with Gasteiger partial charge in [0.1, 0.15) is 11.4 Å². The van der Waals surface area contributed by atoms with Crippen LogP contribution < -0.4 is 31.3 Å². The van der Waals surface area contributed by atoms with Gasteiger partial charge in [-0.1, -0.05) is 43.6 Å². The molecule has 0 unspecified atom stereocenters. The Hall–Kier alpha value is -3.61. The van der Waals surface area contributed by atoms with Crippen LogP contribution in [0.25, 0.3) is 0 Å². The number of hydrogen-bond acceptors (Lipinski definition) is 6. The van der Waals surface area contributed by atoms with Crippen LogP contribution in [0.1, 0.15) is 44.0 Å². The summed E-state index contributed by atoms with van der Waals surface area (Å²) >= 11 is 6.06. The zero-order valence-electron chi connectivity index (χ0n) is 24.1. The number of nitrogens with two attached hydrogens (primary N) is 1. The molecule has 230 valence electrons. The summed E-state index contributed by atoms with van der Waals surface area (Å²) in [4.78, 5) is 39.3. The quantitative estimate of drug-likeness (QED) is 0.119. The minimum Gasteiger partial charge on any atom is -0.493 e. The molecule has 0 bridgehead atoms. The number of halogens is 4. The van der Waals surface area contributed by atoms with Crippen molar-refractivity contribution in [2.24, 2.45) is 5.41 Å². The molecule has 3 amide bonds. The SMILES string of the molecule is CCOc1ccc(Cl)cc1C(=O)NCC(C)(C)CC(=O)N/C(C(=O)[NH2+]c1ccccc1)=C(\CCNCC(F)(F)F)NC. The van der Waals surface area contributed by atoms with E-state index in [9.17, 15) is 27.6 Å². The summed E-state index contributed by atoms with van der Waals surface area (Å²) < 4.78 is 43.2. The van der Waals surface area contributed by atoms with Crippen LogP contribution in [0, 0.1) is 5.41 Å². The van der Waals surface area contributed by atoms with Gasteiger partial charge >= 0.3 is 12.1 Å². The van der Waals surface area contributed by atoms with Gasteiger partial charge in [-0.3, -0.25) is 9.59 Å². The Morgan fingerprint density at radius 1 is 1.02 bits per heavy atom. The van der Waals surface area contributed by atoms with E-state index in [1.165, 1.54) is 18.4 Å². The zero-order chi connectivity index (χ0) is 31.3. The lowest BCUT2D eigenvalue weighted by molar-refractivity contribution is -0.479. The lowest BCUT2D eigenvalue weighted by Gasteiger charge is -2.25. The van der Waals surface area contributed by atoms with Crippen molar-refractivity contribution in [3.63, 3.8) is 0 Å². The molecule has 0 aliphatic heterocycles. The second kappa shape index (κ2) is 16.1. The molecule has 0 fully saturated rings. The van der Waals surface area contributed by atoms with Crippen LogP contribution in [-0.2, 0) is 9.59 Å². The number of benzene rings is 2. The maximum absolute atomic E-state index is 13.2. The molecule has 0 radical (unpaired) electrons. The van der Waals surface area contributed by atoms with Gasteiger partial charge in [0.05, 0.1) is 18.7 Å². The highest BCUT2D eigenvalue weighted by Gasteiger charge is 2.29. The maximum Gasteiger partial charge on any atom is 0.401 e. The van der Waals surface area contributed by atoms with Gasteiger partial charge in [0.15, 0.2) is 5.70 Å². The fourth-order valence-corrected chi connectivity index (χ4v) is 4.11. The maximum atomic E-state index is 13.2. The Kier molecular flexibility index (Phi) is 13.3. The first-order chi connectivity index (χ1) is 19.7. The molecule has 42 heavy (non-hydrogen) atoms. The van der Waals surface area contributed by atoms with Crippen LogP contribution in [0.3, 0.4) is 0 Å². The van der Waals surface area contributed by atoms with E-state index in [1.807, 2.05) is 0 Å². The average molecular weight is 613 g/mol. The van der Waals surface area contributed by atoms with Crippen molar-refractivity contribution in [2.75, 3.05) is 33.3 Å². The molecule has 0 atom stereocenters. The summed E-state index contributed by atoms with van der Waals surface area (Å²) in [6, 6.07) is 13.4. The molecular weight excluding hydrogens is 575 g/mol. The van der Waals surface area contributed by atoms with E-state index in [0.29, 0.717) is 23.1 Å². The van der Waals surface area contributed by atoms with Gasteiger partial charge in [-0.05, 0) is 42.7 Å². The van der Waals surface area contributed by atoms with Crippen molar-refractivity contribution < 1.29 is 37.6 Å². The second-order valence-corrected chi connectivity index (χ2v) is 10.6. The summed E-state index contributed by atoms with van der Waals surface area (Å²) in [5.74, 6) is -1.08. The molecule has 2 aromatic rings. The normalized spacial score (nSPS) is 12.3. The molecule has 0 saturated carbocycles. The van der Waals surface area contributed by atoms with E-state index in [0.717, 1.165) is 0 Å². The van der Waals surface area contributed by atoms with E-state index in [2.05, 4.69) is 21.3 Å². The second-order valence-electron chi connectivity index (χ2n) is 10.2. The molecule has 13 heteroatoms. The summed E-state index contributed by atoms with van der Waals surface area (Å²) in [5.41, 5.74) is 0.311. The Morgan fingerprint density at radius 3 is 2.33 bits per heavy atom. The average Bonchev–Trinajstić information content (AvgIpc) is 2.91. The topological polar surface area (TPSA) is 125 Å². The van der Waals surface area contributed by atoms with Crippen molar-refractivity contribution in [1.82, 2.24) is 21.3 Å². The van der Waals surface area contributed by atoms with Crippen molar-refractivity contribution in [3.05, 3.63) is 70.5 Å². The number of para-hydroxylation sites is 1. The first kappa shape index (κ1) is 34.6. The number of carbonyl (C=O) groups excluding carboxylic acids is 3. The third kappa shape index (κ3) is 12.1. The van der Waals surface area contributed by atoms with Crippen LogP contribution in [0.4, 0.5) is 18.9 Å². The monoisotopic (exact) mass is 612 g/mol. The predicted octanol–water partition coefficient (Wildman–Crippen LogP) is 3.40. The number of primary amides is 1. The van der Waals surface area contributed by atoms with Crippen LogP contribution >= 0.6 is 11.6 Å². The first-order valence-electron chi connectivity index (χ1n) is 13.4. The molecule has 0 saturated heterocycles. The number of alkyl halides is 3. The van der Waals surface area contributed by atoms with Gasteiger partial charge in [0.25, 0.3) is 5.91 Å².